The molecule has 3 nitrogen and oxygen atoms in total. The van der Waals surface area contributed by atoms with E-state index in [9.17, 15) is 0 Å². The molecule has 20 heavy (non-hydrogen) atoms. The number of aromatic nitrogens is 1. The van der Waals surface area contributed by atoms with Gasteiger partial charge in [0.1, 0.15) is 5.75 Å². The summed E-state index contributed by atoms with van der Waals surface area (Å²) in [5.41, 5.74) is 8.78. The Bertz CT molecular complexity index is 599. The van der Waals surface area contributed by atoms with Gasteiger partial charge >= 0.3 is 0 Å². The molecule has 0 spiro atoms. The third kappa shape index (κ3) is 3.71. The molecule has 4 heteroatoms. The number of aryl methyl sites for hydroxylation is 2. The molecule has 0 saturated heterocycles. The molecule has 106 valence electrons. The minimum absolute atomic E-state index is 0.476. The third-order valence-electron chi connectivity index (χ3n) is 3.02. The molecule has 1 aromatic carbocycles. The maximum atomic E-state index is 6.00. The Morgan fingerprint density at radius 3 is 2.75 bits per heavy atom. The van der Waals surface area contributed by atoms with Gasteiger partial charge in [-0.3, -0.25) is 0 Å². The fraction of sp³-hybridized carbons (Fsp3) is 0.312. The lowest BCUT2D eigenvalue weighted by Crippen LogP contribution is -2.01. The van der Waals surface area contributed by atoms with Gasteiger partial charge in [0.05, 0.1) is 0 Å². The second-order valence-electron chi connectivity index (χ2n) is 4.77. The summed E-state index contributed by atoms with van der Waals surface area (Å²) in [6, 6.07) is 9.47. The number of nitrogens with two attached hydrogens (primary N) is 1. The van der Waals surface area contributed by atoms with Crippen LogP contribution in [0.1, 0.15) is 30.2 Å². The number of rotatable bonds is 5. The average Bonchev–Trinajstić information content (AvgIpc) is 2.43. The van der Waals surface area contributed by atoms with E-state index in [4.69, 9.17) is 22.1 Å². The largest absolute Gasteiger partial charge is 0.439 e. The molecule has 0 bridgehead atoms. The molecular weight excluding hydrogens is 272 g/mol. The van der Waals surface area contributed by atoms with E-state index in [0.717, 1.165) is 35.4 Å². The van der Waals surface area contributed by atoms with Crippen molar-refractivity contribution in [2.24, 2.45) is 5.73 Å². The van der Waals surface area contributed by atoms with Gasteiger partial charge < -0.3 is 10.5 Å². The van der Waals surface area contributed by atoms with E-state index in [1.54, 1.807) is 6.07 Å². The topological polar surface area (TPSA) is 48.1 Å². The van der Waals surface area contributed by atoms with E-state index in [-0.39, 0.29) is 0 Å². The van der Waals surface area contributed by atoms with Gasteiger partial charge in [-0.25, -0.2) is 4.98 Å². The summed E-state index contributed by atoms with van der Waals surface area (Å²) in [6.45, 7) is 4.58. The standard InChI is InChI=1S/C16H19ClN2O/c1-3-4-14-7-12(10-18)8-16(19-14)20-15-9-13(17)6-5-11(15)2/h5-9H,3-4,10,18H2,1-2H3. The smallest absolute Gasteiger partial charge is 0.219 e. The number of halogens is 1. The fourth-order valence-corrected chi connectivity index (χ4v) is 2.13. The molecule has 0 aliphatic rings. The Labute approximate surface area is 124 Å². The first-order chi connectivity index (χ1) is 9.62. The summed E-state index contributed by atoms with van der Waals surface area (Å²) < 4.78 is 5.87. The minimum atomic E-state index is 0.476. The lowest BCUT2D eigenvalue weighted by Gasteiger charge is -2.11. The van der Waals surface area contributed by atoms with Crippen LogP contribution in [0.3, 0.4) is 0 Å². The van der Waals surface area contributed by atoms with Gasteiger partial charge in [-0.1, -0.05) is 31.0 Å². The molecule has 1 heterocycles. The van der Waals surface area contributed by atoms with Gasteiger partial charge in [0.2, 0.25) is 5.88 Å². The Morgan fingerprint density at radius 2 is 2.05 bits per heavy atom. The van der Waals surface area contributed by atoms with Gasteiger partial charge in [-0.2, -0.15) is 0 Å². The second kappa shape index (κ2) is 6.73. The molecule has 1 aromatic heterocycles. The van der Waals surface area contributed by atoms with Crippen LogP contribution in [-0.2, 0) is 13.0 Å². The van der Waals surface area contributed by atoms with Crippen LogP contribution in [0.4, 0.5) is 0 Å². The van der Waals surface area contributed by atoms with E-state index < -0.39 is 0 Å². The molecule has 0 aliphatic heterocycles. The van der Waals surface area contributed by atoms with E-state index in [1.807, 2.05) is 31.2 Å². The number of pyridine rings is 1. The molecule has 0 fully saturated rings. The molecule has 0 aliphatic carbocycles. The van der Waals surface area contributed by atoms with Crippen molar-refractivity contribution in [2.45, 2.75) is 33.2 Å². The molecule has 2 aromatic rings. The Kier molecular flexibility index (Phi) is 4.99. The Morgan fingerprint density at radius 1 is 1.25 bits per heavy atom. The van der Waals surface area contributed by atoms with Crippen molar-refractivity contribution in [3.63, 3.8) is 0 Å². The summed E-state index contributed by atoms with van der Waals surface area (Å²) in [5.74, 6) is 1.29. The van der Waals surface area contributed by atoms with E-state index in [0.29, 0.717) is 17.4 Å². The zero-order valence-corrected chi connectivity index (χ0v) is 12.6. The Hall–Kier alpha value is -1.58. The maximum Gasteiger partial charge on any atom is 0.219 e. The van der Waals surface area contributed by atoms with Crippen LogP contribution in [-0.4, -0.2) is 4.98 Å². The first-order valence-electron chi connectivity index (χ1n) is 6.76. The first kappa shape index (κ1) is 14.8. The number of hydrogen-bond donors (Lipinski definition) is 1. The van der Waals surface area contributed by atoms with Crippen LogP contribution in [0.5, 0.6) is 11.6 Å². The molecule has 0 amide bonds. The number of hydrogen-bond acceptors (Lipinski definition) is 3. The Balaban J connectivity index is 2.32. The van der Waals surface area contributed by atoms with Crippen molar-refractivity contribution in [1.82, 2.24) is 4.98 Å². The van der Waals surface area contributed by atoms with Crippen LogP contribution >= 0.6 is 11.6 Å². The lowest BCUT2D eigenvalue weighted by atomic mass is 10.1. The monoisotopic (exact) mass is 290 g/mol. The molecule has 0 radical (unpaired) electrons. The van der Waals surface area contributed by atoms with Crippen LogP contribution in [0, 0.1) is 6.92 Å². The zero-order valence-electron chi connectivity index (χ0n) is 11.8. The van der Waals surface area contributed by atoms with Crippen LogP contribution < -0.4 is 10.5 Å². The van der Waals surface area contributed by atoms with E-state index >= 15 is 0 Å². The van der Waals surface area contributed by atoms with Crippen molar-refractivity contribution in [3.8, 4) is 11.6 Å². The van der Waals surface area contributed by atoms with Crippen LogP contribution in [0.25, 0.3) is 0 Å². The number of nitrogens with zero attached hydrogens (tertiary/aromatic N) is 1. The van der Waals surface area contributed by atoms with Gasteiger partial charge in [0.25, 0.3) is 0 Å². The molecule has 0 unspecified atom stereocenters. The summed E-state index contributed by atoms with van der Waals surface area (Å²) in [7, 11) is 0. The highest BCUT2D eigenvalue weighted by Gasteiger charge is 2.07. The fourth-order valence-electron chi connectivity index (χ4n) is 1.97. The average molecular weight is 291 g/mol. The first-order valence-corrected chi connectivity index (χ1v) is 7.14. The number of benzene rings is 1. The molecule has 0 saturated carbocycles. The molecule has 0 atom stereocenters. The summed E-state index contributed by atoms with van der Waals surface area (Å²) >= 11 is 6.00. The highest BCUT2D eigenvalue weighted by atomic mass is 35.5. The second-order valence-corrected chi connectivity index (χ2v) is 5.21. The van der Waals surface area contributed by atoms with Crippen molar-refractivity contribution < 1.29 is 4.74 Å². The van der Waals surface area contributed by atoms with Gasteiger partial charge in [-0.15, -0.1) is 0 Å². The highest BCUT2D eigenvalue weighted by Crippen LogP contribution is 2.27. The third-order valence-corrected chi connectivity index (χ3v) is 3.26. The van der Waals surface area contributed by atoms with E-state index in [1.165, 1.54) is 0 Å². The summed E-state index contributed by atoms with van der Waals surface area (Å²) in [4.78, 5) is 4.52. The predicted octanol–water partition coefficient (Wildman–Crippen LogP) is 4.25. The van der Waals surface area contributed by atoms with Crippen LogP contribution in [0.2, 0.25) is 5.02 Å². The van der Waals surface area contributed by atoms with Crippen molar-refractivity contribution in [3.05, 3.63) is 52.2 Å². The lowest BCUT2D eigenvalue weighted by molar-refractivity contribution is 0.456. The summed E-state index contributed by atoms with van der Waals surface area (Å²) in [6.07, 6.45) is 1.95. The zero-order chi connectivity index (χ0) is 14.5. The quantitative estimate of drug-likeness (QED) is 0.895. The molecule has 2 rings (SSSR count). The minimum Gasteiger partial charge on any atom is -0.439 e. The van der Waals surface area contributed by atoms with Crippen molar-refractivity contribution in [1.29, 1.82) is 0 Å². The molecule has 2 N–H and O–H groups in total. The SMILES string of the molecule is CCCc1cc(CN)cc(Oc2cc(Cl)ccc2C)n1. The normalized spacial score (nSPS) is 10.6. The van der Waals surface area contributed by atoms with Crippen molar-refractivity contribution in [2.75, 3.05) is 0 Å². The predicted molar refractivity (Wildman–Crippen MR) is 82.4 cm³/mol. The van der Waals surface area contributed by atoms with E-state index in [2.05, 4.69) is 11.9 Å². The van der Waals surface area contributed by atoms with Gasteiger partial charge in [-0.05, 0) is 42.7 Å². The maximum absolute atomic E-state index is 6.00. The summed E-state index contributed by atoms with van der Waals surface area (Å²) in [5, 5.41) is 0.648. The van der Waals surface area contributed by atoms with Gasteiger partial charge in [0.15, 0.2) is 0 Å². The highest BCUT2D eigenvalue weighted by molar-refractivity contribution is 6.30. The van der Waals surface area contributed by atoms with Gasteiger partial charge in [0, 0.05) is 23.3 Å². The number of ether oxygens (including phenoxy) is 1. The molecular formula is C16H19ClN2O. The van der Waals surface area contributed by atoms with Crippen LogP contribution in [0.15, 0.2) is 30.3 Å². The van der Waals surface area contributed by atoms with Crippen molar-refractivity contribution >= 4 is 11.6 Å².